The predicted molar refractivity (Wildman–Crippen MR) is 114 cm³/mol. The first kappa shape index (κ1) is 19.2. The highest BCUT2D eigenvalue weighted by Crippen LogP contribution is 2.33. The van der Waals surface area contributed by atoms with Crippen molar-refractivity contribution in [2.24, 2.45) is 0 Å². The lowest BCUT2D eigenvalue weighted by atomic mass is 10.2. The van der Waals surface area contributed by atoms with E-state index in [4.69, 9.17) is 11.5 Å². The summed E-state index contributed by atoms with van der Waals surface area (Å²) >= 11 is 0. The highest BCUT2D eigenvalue weighted by atomic mass is 33.1. The molecule has 0 bridgehead atoms. The van der Waals surface area contributed by atoms with Crippen LogP contribution in [-0.4, -0.2) is 19.9 Å². The van der Waals surface area contributed by atoms with Gasteiger partial charge in [-0.25, -0.2) is 19.9 Å². The molecule has 0 spiro atoms. The van der Waals surface area contributed by atoms with Crippen molar-refractivity contribution in [1.29, 1.82) is 0 Å². The van der Waals surface area contributed by atoms with Crippen molar-refractivity contribution < 1.29 is 0 Å². The molecule has 0 atom stereocenters. The van der Waals surface area contributed by atoms with Crippen LogP contribution in [0.4, 0.5) is 11.6 Å². The summed E-state index contributed by atoms with van der Waals surface area (Å²) in [5.74, 6) is 2.74. The van der Waals surface area contributed by atoms with E-state index in [1.807, 2.05) is 0 Å². The third-order valence-corrected chi connectivity index (χ3v) is 7.19. The topological polar surface area (TPSA) is 104 Å². The first-order valence-corrected chi connectivity index (χ1v) is 12.2. The largest absolute Gasteiger partial charge is 0.384 e. The Balaban J connectivity index is 1.41. The molecule has 0 aliphatic carbocycles. The van der Waals surface area contributed by atoms with E-state index < -0.39 is 0 Å². The van der Waals surface area contributed by atoms with Crippen molar-refractivity contribution in [2.45, 2.75) is 21.8 Å². The van der Waals surface area contributed by atoms with Crippen LogP contribution in [0.2, 0.25) is 0 Å². The number of benzene rings is 1. The third kappa shape index (κ3) is 6.27. The first-order valence-electron chi connectivity index (χ1n) is 7.53. The molecule has 0 fully saturated rings. The minimum Gasteiger partial charge on any atom is -0.384 e. The third-order valence-electron chi connectivity index (χ3n) is 3.05. The zero-order valence-corrected chi connectivity index (χ0v) is 16.9. The lowest BCUT2D eigenvalue weighted by Gasteiger charge is -2.04. The Morgan fingerprint density at radius 3 is 1.46 bits per heavy atom. The molecule has 10 heteroatoms. The molecule has 2 heterocycles. The van der Waals surface area contributed by atoms with Gasteiger partial charge in [-0.1, -0.05) is 45.9 Å². The normalized spacial score (nSPS) is 10.8. The van der Waals surface area contributed by atoms with Crippen LogP contribution in [0.25, 0.3) is 0 Å². The van der Waals surface area contributed by atoms with E-state index >= 15 is 0 Å². The lowest BCUT2D eigenvalue weighted by Crippen LogP contribution is -1.92. The molecule has 0 aliphatic rings. The fourth-order valence-corrected chi connectivity index (χ4v) is 5.58. The molecule has 1 aromatic carbocycles. The van der Waals surface area contributed by atoms with Gasteiger partial charge < -0.3 is 11.5 Å². The molecule has 0 saturated heterocycles. The second-order valence-electron chi connectivity index (χ2n) is 5.04. The van der Waals surface area contributed by atoms with Gasteiger partial charge in [0.1, 0.15) is 11.6 Å². The molecule has 4 N–H and O–H groups in total. The Kier molecular flexibility index (Phi) is 7.30. The summed E-state index contributed by atoms with van der Waals surface area (Å²) in [6, 6.07) is 11.9. The summed E-state index contributed by atoms with van der Waals surface area (Å²) in [4.78, 5) is 16.7. The molecule has 3 rings (SSSR count). The molecule has 0 unspecified atom stereocenters. The molecule has 2 aromatic heterocycles. The Hall–Kier alpha value is -1.62. The summed E-state index contributed by atoms with van der Waals surface area (Å²) in [6.07, 6.45) is 3.34. The highest BCUT2D eigenvalue weighted by molar-refractivity contribution is 8.76. The van der Waals surface area contributed by atoms with Crippen LogP contribution in [0.5, 0.6) is 0 Å². The highest BCUT2D eigenvalue weighted by Gasteiger charge is 2.02. The van der Waals surface area contributed by atoms with Crippen molar-refractivity contribution in [1.82, 2.24) is 19.9 Å². The number of anilines is 2. The fourth-order valence-electron chi connectivity index (χ4n) is 1.82. The predicted octanol–water partition coefficient (Wildman–Crippen LogP) is 4.31. The summed E-state index contributed by atoms with van der Waals surface area (Å²) in [6.45, 7) is 0. The number of nitrogens with zero attached hydrogens (tertiary/aromatic N) is 4. The second-order valence-corrected chi connectivity index (χ2v) is 9.56. The van der Waals surface area contributed by atoms with Crippen LogP contribution in [0.3, 0.4) is 0 Å². The zero-order chi connectivity index (χ0) is 18.2. The fraction of sp³-hybridized carbons (Fsp3) is 0.125. The average Bonchev–Trinajstić information content (AvgIpc) is 2.63. The van der Waals surface area contributed by atoms with Gasteiger partial charge in [-0.3, -0.25) is 0 Å². The number of hydrogen-bond acceptors (Lipinski definition) is 10. The summed E-state index contributed by atoms with van der Waals surface area (Å²) in [5.41, 5.74) is 13.8. The molecular formula is C16H16N6S4. The van der Waals surface area contributed by atoms with Gasteiger partial charge in [0.15, 0.2) is 10.3 Å². The van der Waals surface area contributed by atoms with Crippen molar-refractivity contribution in [3.05, 3.63) is 59.9 Å². The standard InChI is InChI=1S/C16H16N6S4/c17-13-5-7-19-15(21-13)25-23-9-11-1-2-12(4-3-11)10-24-26-16-20-8-6-14(18)22-16/h1-8H,9-10H2,(H2,17,19,21)(H2,18,20,22). The Labute approximate surface area is 167 Å². The van der Waals surface area contributed by atoms with E-state index in [1.165, 1.54) is 32.7 Å². The quantitative estimate of drug-likeness (QED) is 0.404. The Bertz CT molecular complexity index is 776. The number of rotatable bonds is 8. The molecule has 134 valence electrons. The van der Waals surface area contributed by atoms with Gasteiger partial charge in [-0.05, 0) is 44.8 Å². The molecular weight excluding hydrogens is 404 g/mol. The van der Waals surface area contributed by atoms with Gasteiger partial charge in [-0.15, -0.1) is 0 Å². The Morgan fingerprint density at radius 1 is 0.654 bits per heavy atom. The second kappa shape index (κ2) is 9.91. The molecule has 26 heavy (non-hydrogen) atoms. The summed E-state index contributed by atoms with van der Waals surface area (Å²) < 4.78 is 0. The SMILES string of the molecule is Nc1ccnc(SSCc2ccc(CSSc3nccc(N)n3)cc2)n1. The smallest absolute Gasteiger partial charge is 0.200 e. The van der Waals surface area contributed by atoms with Crippen LogP contribution < -0.4 is 11.5 Å². The van der Waals surface area contributed by atoms with Gasteiger partial charge in [0.2, 0.25) is 0 Å². The van der Waals surface area contributed by atoms with E-state index in [0.717, 1.165) is 11.5 Å². The first-order chi connectivity index (χ1) is 12.7. The van der Waals surface area contributed by atoms with Gasteiger partial charge in [0.25, 0.3) is 0 Å². The monoisotopic (exact) mass is 420 g/mol. The van der Waals surface area contributed by atoms with Crippen LogP contribution in [0.1, 0.15) is 11.1 Å². The van der Waals surface area contributed by atoms with Crippen LogP contribution in [0.15, 0.2) is 59.1 Å². The maximum absolute atomic E-state index is 5.65. The Morgan fingerprint density at radius 2 is 1.08 bits per heavy atom. The molecule has 3 aromatic rings. The van der Waals surface area contributed by atoms with Gasteiger partial charge in [0.05, 0.1) is 0 Å². The lowest BCUT2D eigenvalue weighted by molar-refractivity contribution is 0.982. The van der Waals surface area contributed by atoms with Crippen molar-refractivity contribution in [2.75, 3.05) is 11.5 Å². The van der Waals surface area contributed by atoms with E-state index in [9.17, 15) is 0 Å². The summed E-state index contributed by atoms with van der Waals surface area (Å²) in [7, 11) is 6.44. The van der Waals surface area contributed by atoms with E-state index in [-0.39, 0.29) is 0 Å². The number of nitrogen functional groups attached to an aromatic ring is 2. The van der Waals surface area contributed by atoms with Crippen LogP contribution in [-0.2, 0) is 11.5 Å². The number of nitrogens with two attached hydrogens (primary N) is 2. The minimum absolute atomic E-state index is 0.492. The average molecular weight is 421 g/mol. The van der Waals surface area contributed by atoms with E-state index in [1.54, 1.807) is 46.1 Å². The minimum atomic E-state index is 0.492. The molecule has 0 radical (unpaired) electrons. The van der Waals surface area contributed by atoms with Crippen LogP contribution >= 0.6 is 43.2 Å². The maximum atomic E-state index is 5.65. The van der Waals surface area contributed by atoms with Crippen molar-refractivity contribution >= 4 is 54.8 Å². The van der Waals surface area contributed by atoms with Crippen molar-refractivity contribution in [3.63, 3.8) is 0 Å². The van der Waals surface area contributed by atoms with Gasteiger partial charge in [0, 0.05) is 23.9 Å². The maximum Gasteiger partial charge on any atom is 0.200 e. The van der Waals surface area contributed by atoms with E-state index in [0.29, 0.717) is 21.9 Å². The van der Waals surface area contributed by atoms with Crippen molar-refractivity contribution in [3.8, 4) is 0 Å². The number of aromatic nitrogens is 4. The molecule has 0 saturated carbocycles. The molecule has 0 amide bonds. The zero-order valence-electron chi connectivity index (χ0n) is 13.6. The summed E-state index contributed by atoms with van der Waals surface area (Å²) in [5, 5.41) is 1.37. The van der Waals surface area contributed by atoms with Gasteiger partial charge >= 0.3 is 0 Å². The van der Waals surface area contributed by atoms with Crippen LogP contribution in [0, 0.1) is 0 Å². The van der Waals surface area contributed by atoms with Gasteiger partial charge in [-0.2, -0.15) is 0 Å². The molecule has 6 nitrogen and oxygen atoms in total. The number of hydrogen-bond donors (Lipinski definition) is 2. The molecule has 0 aliphatic heterocycles. The van der Waals surface area contributed by atoms with E-state index in [2.05, 4.69) is 44.2 Å².